The molecular weight excluding hydrogens is 368 g/mol. The zero-order valence-corrected chi connectivity index (χ0v) is 18.6. The highest BCUT2D eigenvalue weighted by atomic mass is 16.6. The molecule has 0 bridgehead atoms. The number of ether oxygens (including phenoxy) is 2. The molecule has 1 aromatic heterocycles. The number of aromatic nitrogens is 2. The summed E-state index contributed by atoms with van der Waals surface area (Å²) in [4.78, 5) is 28.4. The molecule has 6 heteroatoms. The molecule has 1 aliphatic rings. The number of imidazole rings is 1. The van der Waals surface area contributed by atoms with Gasteiger partial charge in [-0.05, 0) is 77.7 Å². The van der Waals surface area contributed by atoms with E-state index >= 15 is 0 Å². The first-order valence-electron chi connectivity index (χ1n) is 10.7. The number of carbonyl (C=O) groups is 2. The molecule has 1 saturated carbocycles. The molecule has 0 radical (unpaired) electrons. The molecule has 0 spiro atoms. The number of rotatable bonds is 8. The monoisotopic (exact) mass is 404 g/mol. The Labute approximate surface area is 174 Å². The molecule has 0 saturated heterocycles. The van der Waals surface area contributed by atoms with Crippen molar-refractivity contribution < 1.29 is 19.1 Å². The van der Waals surface area contributed by atoms with Crippen molar-refractivity contribution in [1.82, 2.24) is 9.55 Å². The van der Waals surface area contributed by atoms with E-state index < -0.39 is 5.60 Å². The van der Waals surface area contributed by atoms with E-state index in [0.29, 0.717) is 37.3 Å². The molecule has 1 fully saturated rings. The Morgan fingerprint density at radius 1 is 1.17 bits per heavy atom. The number of esters is 2. The highest BCUT2D eigenvalue weighted by Crippen LogP contribution is 2.32. The van der Waals surface area contributed by atoms with Crippen LogP contribution in [0.25, 0.3) is 6.08 Å². The van der Waals surface area contributed by atoms with Gasteiger partial charge < -0.3 is 14.0 Å². The molecule has 29 heavy (non-hydrogen) atoms. The van der Waals surface area contributed by atoms with Gasteiger partial charge in [-0.15, -0.1) is 0 Å². The predicted molar refractivity (Wildman–Crippen MR) is 113 cm³/mol. The van der Waals surface area contributed by atoms with Crippen LogP contribution in [0.2, 0.25) is 0 Å². The quantitative estimate of drug-likeness (QED) is 0.343. The van der Waals surface area contributed by atoms with E-state index in [9.17, 15) is 9.59 Å². The summed E-state index contributed by atoms with van der Waals surface area (Å²) in [5.41, 5.74) is 0.888. The third-order valence-electron chi connectivity index (χ3n) is 5.30. The number of carbonyl (C=O) groups excluding carboxylic acids is 2. The lowest BCUT2D eigenvalue weighted by molar-refractivity contribution is -0.154. The summed E-state index contributed by atoms with van der Waals surface area (Å²) < 4.78 is 12.4. The van der Waals surface area contributed by atoms with Crippen LogP contribution in [0.3, 0.4) is 0 Å². The van der Waals surface area contributed by atoms with Crippen molar-refractivity contribution in [1.29, 1.82) is 0 Å². The smallest absolute Gasteiger partial charge is 0.333 e. The van der Waals surface area contributed by atoms with Crippen LogP contribution in [0.1, 0.15) is 90.8 Å². The largest absolute Gasteiger partial charge is 0.466 e. The van der Waals surface area contributed by atoms with Gasteiger partial charge in [0.25, 0.3) is 0 Å². The van der Waals surface area contributed by atoms with Crippen molar-refractivity contribution in [3.8, 4) is 0 Å². The fourth-order valence-corrected chi connectivity index (χ4v) is 3.69. The average molecular weight is 405 g/mol. The minimum absolute atomic E-state index is 0.207. The Bertz CT molecular complexity index is 707. The maximum atomic E-state index is 12.2. The van der Waals surface area contributed by atoms with Crippen molar-refractivity contribution in [3.05, 3.63) is 23.8 Å². The number of nitrogens with zero attached hydrogens (tertiary/aromatic N) is 2. The summed E-state index contributed by atoms with van der Waals surface area (Å²) in [5.74, 6) is 0.255. The molecule has 0 N–H and O–H groups in total. The van der Waals surface area contributed by atoms with Gasteiger partial charge in [-0.1, -0.05) is 6.92 Å². The fourth-order valence-electron chi connectivity index (χ4n) is 3.69. The lowest BCUT2D eigenvalue weighted by Crippen LogP contribution is -2.23. The third-order valence-corrected chi connectivity index (χ3v) is 5.30. The summed E-state index contributed by atoms with van der Waals surface area (Å²) in [7, 11) is 1.39. The van der Waals surface area contributed by atoms with Gasteiger partial charge in [0.05, 0.1) is 19.1 Å². The first kappa shape index (κ1) is 23.2. The van der Waals surface area contributed by atoms with E-state index in [4.69, 9.17) is 9.47 Å². The van der Waals surface area contributed by atoms with Crippen LogP contribution in [0.5, 0.6) is 0 Å². The number of hydrogen-bond acceptors (Lipinski definition) is 5. The first-order valence-corrected chi connectivity index (χ1v) is 10.7. The second-order valence-electron chi connectivity index (χ2n) is 9.11. The highest BCUT2D eigenvalue weighted by molar-refractivity contribution is 5.93. The maximum Gasteiger partial charge on any atom is 0.333 e. The molecule has 1 heterocycles. The third kappa shape index (κ3) is 8.03. The van der Waals surface area contributed by atoms with E-state index in [0.717, 1.165) is 11.6 Å². The lowest BCUT2D eigenvalue weighted by Gasteiger charge is -2.26. The van der Waals surface area contributed by atoms with Crippen molar-refractivity contribution >= 4 is 18.0 Å². The SMILES string of the molecule is COC(=O)/C(=C/c1cn(C2CCC(C)CC2)cn1)CCCCC(=O)OC(C)(C)C. The molecular formula is C23H36N2O4. The standard InChI is InChI=1S/C23H36N2O4/c1-17-10-12-20(13-11-17)25-15-19(24-16-25)14-18(22(27)28-5)8-6-7-9-21(26)29-23(2,3)4/h14-17,20H,6-13H2,1-5H3/b18-14+. The summed E-state index contributed by atoms with van der Waals surface area (Å²) in [5, 5.41) is 0. The minimum Gasteiger partial charge on any atom is -0.466 e. The fraction of sp³-hybridized carbons (Fsp3) is 0.696. The van der Waals surface area contributed by atoms with Gasteiger partial charge >= 0.3 is 11.9 Å². The summed E-state index contributed by atoms with van der Waals surface area (Å²) in [6.07, 6.45) is 12.8. The molecule has 1 aromatic rings. The van der Waals surface area contributed by atoms with E-state index in [1.807, 2.05) is 33.3 Å². The summed E-state index contributed by atoms with van der Waals surface area (Å²) >= 11 is 0. The van der Waals surface area contributed by atoms with Crippen molar-refractivity contribution in [3.63, 3.8) is 0 Å². The van der Waals surface area contributed by atoms with Crippen LogP contribution >= 0.6 is 0 Å². The molecule has 0 atom stereocenters. The number of hydrogen-bond donors (Lipinski definition) is 0. The Hall–Kier alpha value is -2.11. The molecule has 2 rings (SSSR count). The topological polar surface area (TPSA) is 70.4 Å². The van der Waals surface area contributed by atoms with E-state index in [-0.39, 0.29) is 11.9 Å². The van der Waals surface area contributed by atoms with Crippen LogP contribution in [0, 0.1) is 5.92 Å². The Morgan fingerprint density at radius 3 is 2.45 bits per heavy atom. The normalized spacial score (nSPS) is 20.4. The zero-order valence-electron chi connectivity index (χ0n) is 18.6. The zero-order chi connectivity index (χ0) is 21.4. The Morgan fingerprint density at radius 2 is 1.83 bits per heavy atom. The summed E-state index contributed by atoms with van der Waals surface area (Å²) in [6, 6.07) is 0.497. The van der Waals surface area contributed by atoms with Gasteiger partial charge in [0, 0.05) is 24.2 Å². The van der Waals surface area contributed by atoms with E-state index in [1.54, 1.807) is 6.08 Å². The van der Waals surface area contributed by atoms with Gasteiger partial charge in [-0.25, -0.2) is 9.78 Å². The molecule has 6 nitrogen and oxygen atoms in total. The Kier molecular flexibility index (Phi) is 8.47. The Balaban J connectivity index is 1.92. The molecule has 0 unspecified atom stereocenters. The van der Waals surface area contributed by atoms with Gasteiger partial charge in [-0.3, -0.25) is 4.79 Å². The van der Waals surface area contributed by atoms with E-state index in [1.165, 1.54) is 32.8 Å². The van der Waals surface area contributed by atoms with Crippen LogP contribution in [-0.2, 0) is 19.1 Å². The number of unbranched alkanes of at least 4 members (excludes halogenated alkanes) is 1. The molecule has 0 aliphatic heterocycles. The van der Waals surface area contributed by atoms with Crippen LogP contribution in [0.4, 0.5) is 0 Å². The predicted octanol–water partition coefficient (Wildman–Crippen LogP) is 5.09. The van der Waals surface area contributed by atoms with Gasteiger partial charge in [0.1, 0.15) is 5.60 Å². The van der Waals surface area contributed by atoms with Crippen molar-refractivity contribution in [2.45, 2.75) is 90.7 Å². The second kappa shape index (κ2) is 10.6. The average Bonchev–Trinajstić information content (AvgIpc) is 3.11. The molecule has 1 aliphatic carbocycles. The number of methoxy groups -OCH3 is 1. The highest BCUT2D eigenvalue weighted by Gasteiger charge is 2.20. The van der Waals surface area contributed by atoms with Crippen LogP contribution < -0.4 is 0 Å². The lowest BCUT2D eigenvalue weighted by atomic mass is 9.87. The maximum absolute atomic E-state index is 12.2. The first-order chi connectivity index (χ1) is 13.7. The molecule has 0 aromatic carbocycles. The van der Waals surface area contributed by atoms with Gasteiger partial charge in [0.2, 0.25) is 0 Å². The van der Waals surface area contributed by atoms with Gasteiger partial charge in [0.15, 0.2) is 0 Å². The van der Waals surface area contributed by atoms with Crippen molar-refractivity contribution in [2.75, 3.05) is 7.11 Å². The second-order valence-corrected chi connectivity index (χ2v) is 9.11. The van der Waals surface area contributed by atoms with Crippen LogP contribution in [0.15, 0.2) is 18.1 Å². The van der Waals surface area contributed by atoms with Crippen molar-refractivity contribution in [2.24, 2.45) is 5.92 Å². The molecule has 0 amide bonds. The minimum atomic E-state index is -0.469. The van der Waals surface area contributed by atoms with E-state index in [2.05, 4.69) is 16.5 Å². The molecule has 162 valence electrons. The van der Waals surface area contributed by atoms with Gasteiger partial charge in [-0.2, -0.15) is 0 Å². The van der Waals surface area contributed by atoms with Crippen LogP contribution in [-0.4, -0.2) is 34.2 Å². The summed E-state index contributed by atoms with van der Waals surface area (Å²) in [6.45, 7) is 7.88.